The molecule has 0 spiro atoms. The highest BCUT2D eigenvalue weighted by molar-refractivity contribution is 9.10. The Labute approximate surface area is 87.0 Å². The van der Waals surface area contributed by atoms with Gasteiger partial charge in [-0.25, -0.2) is 0 Å². The third-order valence-electron chi connectivity index (χ3n) is 1.60. The molecular weight excluding hydrogens is 232 g/mol. The predicted octanol–water partition coefficient (Wildman–Crippen LogP) is 3.25. The van der Waals surface area contributed by atoms with Gasteiger partial charge in [-0.1, -0.05) is 6.92 Å². The van der Waals surface area contributed by atoms with Gasteiger partial charge in [0.25, 0.3) is 0 Å². The molecule has 0 atom stereocenters. The Morgan fingerprint density at radius 3 is 2.69 bits per heavy atom. The topological polar surface area (TPSA) is 18.5 Å². The van der Waals surface area contributed by atoms with Crippen LogP contribution in [0.2, 0.25) is 0 Å². The highest BCUT2D eigenvalue weighted by Gasteiger charge is 2.01. The van der Waals surface area contributed by atoms with Crippen LogP contribution in [0.1, 0.15) is 13.3 Å². The van der Waals surface area contributed by atoms with Gasteiger partial charge in [0.2, 0.25) is 0 Å². The molecule has 0 heterocycles. The van der Waals surface area contributed by atoms with E-state index in [2.05, 4.69) is 22.9 Å². The number of hydrogen-bond acceptors (Lipinski definition) is 2. The summed E-state index contributed by atoms with van der Waals surface area (Å²) in [6.07, 6.45) is 1.01. The molecule has 0 aliphatic carbocycles. The van der Waals surface area contributed by atoms with Crippen LogP contribution in [0.25, 0.3) is 0 Å². The molecule has 0 amide bonds. The maximum absolute atomic E-state index is 5.48. The first-order valence-electron chi connectivity index (χ1n) is 4.24. The van der Waals surface area contributed by atoms with E-state index in [4.69, 9.17) is 9.47 Å². The lowest BCUT2D eigenvalue weighted by Gasteiger charge is -2.07. The van der Waals surface area contributed by atoms with Crippen LogP contribution < -0.4 is 9.47 Å². The van der Waals surface area contributed by atoms with Gasteiger partial charge in [-0.15, -0.1) is 0 Å². The zero-order valence-corrected chi connectivity index (χ0v) is 9.43. The second-order valence-corrected chi connectivity index (χ2v) is 3.50. The van der Waals surface area contributed by atoms with Crippen molar-refractivity contribution >= 4 is 15.9 Å². The van der Waals surface area contributed by atoms with Gasteiger partial charge in [0.15, 0.2) is 0 Å². The molecule has 0 aromatic heterocycles. The summed E-state index contributed by atoms with van der Waals surface area (Å²) in [6, 6.07) is 5.68. The Balaban J connectivity index is 2.73. The molecule has 0 aliphatic rings. The lowest BCUT2D eigenvalue weighted by Crippen LogP contribution is -1.95. The van der Waals surface area contributed by atoms with Gasteiger partial charge in [0.05, 0.1) is 18.2 Å². The Kier molecular flexibility index (Phi) is 4.09. The quantitative estimate of drug-likeness (QED) is 0.810. The third kappa shape index (κ3) is 2.92. The Bertz CT molecular complexity index is 274. The average molecular weight is 245 g/mol. The number of rotatable bonds is 4. The van der Waals surface area contributed by atoms with Crippen molar-refractivity contribution in [3.8, 4) is 11.5 Å². The molecule has 0 N–H and O–H groups in total. The fraction of sp³-hybridized carbons (Fsp3) is 0.400. The minimum absolute atomic E-state index is 0.741. The summed E-state index contributed by atoms with van der Waals surface area (Å²) in [5, 5.41) is 0. The fourth-order valence-corrected chi connectivity index (χ4v) is 1.41. The minimum atomic E-state index is 0.741. The van der Waals surface area contributed by atoms with Crippen LogP contribution in [-0.4, -0.2) is 13.7 Å². The summed E-state index contributed by atoms with van der Waals surface area (Å²) >= 11 is 3.41. The summed E-state index contributed by atoms with van der Waals surface area (Å²) in [6.45, 7) is 2.82. The van der Waals surface area contributed by atoms with Gasteiger partial charge < -0.3 is 9.47 Å². The molecule has 3 heteroatoms. The molecule has 2 nitrogen and oxygen atoms in total. The normalized spacial score (nSPS) is 9.77. The second kappa shape index (κ2) is 5.12. The molecule has 0 fully saturated rings. The highest BCUT2D eigenvalue weighted by Crippen LogP contribution is 2.28. The standard InChI is InChI=1S/C10H13BrO2/c1-3-6-13-10-5-4-8(12-2)7-9(10)11/h4-5,7H,3,6H2,1-2H3. The zero-order chi connectivity index (χ0) is 9.68. The molecule has 0 saturated carbocycles. The summed E-state index contributed by atoms with van der Waals surface area (Å²) < 4.78 is 11.5. The Morgan fingerprint density at radius 1 is 1.38 bits per heavy atom. The highest BCUT2D eigenvalue weighted by atomic mass is 79.9. The lowest BCUT2D eigenvalue weighted by molar-refractivity contribution is 0.314. The van der Waals surface area contributed by atoms with Gasteiger partial charge in [0.1, 0.15) is 11.5 Å². The van der Waals surface area contributed by atoms with Crippen molar-refractivity contribution in [2.45, 2.75) is 13.3 Å². The Hall–Kier alpha value is -0.700. The molecule has 1 aromatic carbocycles. The minimum Gasteiger partial charge on any atom is -0.497 e. The zero-order valence-electron chi connectivity index (χ0n) is 7.84. The lowest BCUT2D eigenvalue weighted by atomic mass is 10.3. The van der Waals surface area contributed by atoms with Gasteiger partial charge in [-0.2, -0.15) is 0 Å². The van der Waals surface area contributed by atoms with Crippen LogP contribution in [0.5, 0.6) is 11.5 Å². The maximum Gasteiger partial charge on any atom is 0.133 e. The molecular formula is C10H13BrO2. The number of halogens is 1. The van der Waals surface area contributed by atoms with Crippen molar-refractivity contribution in [1.29, 1.82) is 0 Å². The molecule has 0 radical (unpaired) electrons. The van der Waals surface area contributed by atoms with Crippen LogP contribution >= 0.6 is 15.9 Å². The molecule has 0 aliphatic heterocycles. The number of ether oxygens (including phenoxy) is 2. The van der Waals surface area contributed by atoms with Crippen molar-refractivity contribution in [2.24, 2.45) is 0 Å². The van der Waals surface area contributed by atoms with Crippen molar-refractivity contribution in [3.63, 3.8) is 0 Å². The van der Waals surface area contributed by atoms with Crippen LogP contribution in [0.15, 0.2) is 22.7 Å². The van der Waals surface area contributed by atoms with E-state index in [9.17, 15) is 0 Å². The molecule has 72 valence electrons. The van der Waals surface area contributed by atoms with E-state index >= 15 is 0 Å². The molecule has 13 heavy (non-hydrogen) atoms. The summed E-state index contributed by atoms with van der Waals surface area (Å²) in [5.74, 6) is 1.69. The van der Waals surface area contributed by atoms with E-state index in [0.29, 0.717) is 0 Å². The van der Waals surface area contributed by atoms with Crippen molar-refractivity contribution in [3.05, 3.63) is 22.7 Å². The van der Waals surface area contributed by atoms with Gasteiger partial charge in [-0.3, -0.25) is 0 Å². The van der Waals surface area contributed by atoms with E-state index in [1.807, 2.05) is 18.2 Å². The SMILES string of the molecule is CCCOc1ccc(OC)cc1Br. The van der Waals surface area contributed by atoms with E-state index in [1.165, 1.54) is 0 Å². The van der Waals surface area contributed by atoms with Gasteiger partial charge in [0, 0.05) is 0 Å². The smallest absolute Gasteiger partial charge is 0.133 e. The first-order chi connectivity index (χ1) is 6.27. The molecule has 1 aromatic rings. The van der Waals surface area contributed by atoms with Gasteiger partial charge >= 0.3 is 0 Å². The van der Waals surface area contributed by atoms with E-state index in [-0.39, 0.29) is 0 Å². The van der Waals surface area contributed by atoms with Crippen LogP contribution in [0, 0.1) is 0 Å². The molecule has 1 rings (SSSR count). The molecule has 0 saturated heterocycles. The van der Waals surface area contributed by atoms with Crippen LogP contribution in [-0.2, 0) is 0 Å². The van der Waals surface area contributed by atoms with Gasteiger partial charge in [-0.05, 0) is 40.5 Å². The third-order valence-corrected chi connectivity index (χ3v) is 2.22. The summed E-state index contributed by atoms with van der Waals surface area (Å²) in [7, 11) is 1.65. The molecule has 0 bridgehead atoms. The summed E-state index contributed by atoms with van der Waals surface area (Å²) in [5.41, 5.74) is 0. The average Bonchev–Trinajstić information content (AvgIpc) is 2.16. The van der Waals surface area contributed by atoms with E-state index < -0.39 is 0 Å². The number of benzene rings is 1. The number of hydrogen-bond donors (Lipinski definition) is 0. The summed E-state index contributed by atoms with van der Waals surface area (Å²) in [4.78, 5) is 0. The van der Waals surface area contributed by atoms with Crippen LogP contribution in [0.3, 0.4) is 0 Å². The first-order valence-corrected chi connectivity index (χ1v) is 5.03. The second-order valence-electron chi connectivity index (χ2n) is 2.64. The number of methoxy groups -OCH3 is 1. The Morgan fingerprint density at radius 2 is 2.15 bits per heavy atom. The largest absolute Gasteiger partial charge is 0.497 e. The van der Waals surface area contributed by atoms with Crippen molar-refractivity contribution in [2.75, 3.05) is 13.7 Å². The van der Waals surface area contributed by atoms with Crippen molar-refractivity contribution in [1.82, 2.24) is 0 Å². The van der Waals surface area contributed by atoms with E-state index in [1.54, 1.807) is 7.11 Å². The molecule has 0 unspecified atom stereocenters. The fourth-order valence-electron chi connectivity index (χ4n) is 0.938. The van der Waals surface area contributed by atoms with E-state index in [0.717, 1.165) is 29.0 Å². The van der Waals surface area contributed by atoms with Crippen LogP contribution in [0.4, 0.5) is 0 Å². The predicted molar refractivity (Wildman–Crippen MR) is 56.5 cm³/mol. The van der Waals surface area contributed by atoms with Crippen molar-refractivity contribution < 1.29 is 9.47 Å². The monoisotopic (exact) mass is 244 g/mol. The first kappa shape index (κ1) is 10.4. The maximum atomic E-state index is 5.48.